The zero-order valence-corrected chi connectivity index (χ0v) is 12.0. The van der Waals surface area contributed by atoms with Gasteiger partial charge >= 0.3 is 0 Å². The van der Waals surface area contributed by atoms with E-state index in [1.807, 2.05) is 31.3 Å². The Balaban J connectivity index is 2.15. The second kappa shape index (κ2) is 5.30. The number of rotatable bonds is 5. The van der Waals surface area contributed by atoms with Crippen molar-refractivity contribution in [2.24, 2.45) is 12.8 Å². The van der Waals surface area contributed by atoms with Crippen LogP contribution in [0.3, 0.4) is 0 Å². The molecule has 2 N–H and O–H groups in total. The molecule has 5 nitrogen and oxygen atoms in total. The molecule has 2 rings (SSSR count). The highest BCUT2D eigenvalue weighted by Crippen LogP contribution is 2.24. The van der Waals surface area contributed by atoms with Gasteiger partial charge in [-0.05, 0) is 18.9 Å². The minimum atomic E-state index is -2.92. The standard InChI is InChI=1S/C13H19N3O2S/c1-16-12-8-4-3-6-10(12)13(15-16)11(14)7-5-9-19(2,17)18/h3-4,6,8,11H,5,7,9,14H2,1-2H3. The third-order valence-electron chi connectivity index (χ3n) is 3.17. The number of hydrogen-bond acceptors (Lipinski definition) is 4. The molecule has 6 heteroatoms. The molecule has 0 aliphatic rings. The van der Waals surface area contributed by atoms with Gasteiger partial charge in [-0.1, -0.05) is 18.2 Å². The topological polar surface area (TPSA) is 78.0 Å². The van der Waals surface area contributed by atoms with Gasteiger partial charge < -0.3 is 5.73 Å². The average Bonchev–Trinajstić information content (AvgIpc) is 2.66. The van der Waals surface area contributed by atoms with Gasteiger partial charge in [0.15, 0.2) is 0 Å². The van der Waals surface area contributed by atoms with Gasteiger partial charge in [-0.15, -0.1) is 0 Å². The molecule has 0 fully saturated rings. The first-order valence-electron chi connectivity index (χ1n) is 6.23. The van der Waals surface area contributed by atoms with Crippen LogP contribution in [0.4, 0.5) is 0 Å². The number of sulfone groups is 1. The lowest BCUT2D eigenvalue weighted by Gasteiger charge is -2.08. The van der Waals surface area contributed by atoms with Crippen molar-refractivity contribution in [2.75, 3.05) is 12.0 Å². The largest absolute Gasteiger partial charge is 0.323 e. The summed E-state index contributed by atoms with van der Waals surface area (Å²) < 4.78 is 24.0. The summed E-state index contributed by atoms with van der Waals surface area (Å²) >= 11 is 0. The predicted molar refractivity (Wildman–Crippen MR) is 76.6 cm³/mol. The van der Waals surface area contributed by atoms with Crippen LogP contribution in [0.15, 0.2) is 24.3 Å². The zero-order chi connectivity index (χ0) is 14.0. The van der Waals surface area contributed by atoms with Gasteiger partial charge in [-0.2, -0.15) is 5.10 Å². The molecule has 0 spiro atoms. The molecule has 0 bridgehead atoms. The van der Waals surface area contributed by atoms with Crippen LogP contribution in [0.2, 0.25) is 0 Å². The zero-order valence-electron chi connectivity index (χ0n) is 11.2. The van der Waals surface area contributed by atoms with Crippen molar-refractivity contribution >= 4 is 20.7 Å². The molecule has 1 unspecified atom stereocenters. The summed E-state index contributed by atoms with van der Waals surface area (Å²) in [6, 6.07) is 7.68. The molecule has 0 saturated carbocycles. The van der Waals surface area contributed by atoms with E-state index in [1.165, 1.54) is 6.26 Å². The number of aryl methyl sites for hydroxylation is 1. The maximum atomic E-state index is 11.1. The van der Waals surface area contributed by atoms with E-state index in [0.29, 0.717) is 12.8 Å². The van der Waals surface area contributed by atoms with Crippen LogP contribution < -0.4 is 5.73 Å². The molecule has 1 heterocycles. The van der Waals surface area contributed by atoms with Gasteiger partial charge in [0.1, 0.15) is 9.84 Å². The molecule has 0 amide bonds. The quantitative estimate of drug-likeness (QED) is 0.898. The highest BCUT2D eigenvalue weighted by Gasteiger charge is 2.15. The van der Waals surface area contributed by atoms with Crippen molar-refractivity contribution in [2.45, 2.75) is 18.9 Å². The second-order valence-corrected chi connectivity index (χ2v) is 7.16. The molecule has 0 radical (unpaired) electrons. The van der Waals surface area contributed by atoms with Crippen molar-refractivity contribution < 1.29 is 8.42 Å². The van der Waals surface area contributed by atoms with Gasteiger partial charge in [0.05, 0.1) is 11.2 Å². The monoisotopic (exact) mass is 281 g/mol. The molecular formula is C13H19N3O2S. The number of hydrogen-bond donors (Lipinski definition) is 1. The summed E-state index contributed by atoms with van der Waals surface area (Å²) in [5.74, 6) is 0.172. The van der Waals surface area contributed by atoms with E-state index in [0.717, 1.165) is 16.6 Å². The fraction of sp³-hybridized carbons (Fsp3) is 0.462. The van der Waals surface area contributed by atoms with E-state index in [4.69, 9.17) is 5.73 Å². The molecule has 1 aromatic carbocycles. The first-order chi connectivity index (χ1) is 8.88. The molecular weight excluding hydrogens is 262 g/mol. The van der Waals surface area contributed by atoms with E-state index in [-0.39, 0.29) is 11.8 Å². The lowest BCUT2D eigenvalue weighted by molar-refractivity contribution is 0.581. The predicted octanol–water partition coefficient (Wildman–Crippen LogP) is 1.40. The van der Waals surface area contributed by atoms with Crippen LogP contribution in [0.1, 0.15) is 24.6 Å². The number of para-hydroxylation sites is 1. The van der Waals surface area contributed by atoms with Gasteiger partial charge in [-0.3, -0.25) is 4.68 Å². The van der Waals surface area contributed by atoms with Crippen LogP contribution in [0.25, 0.3) is 10.9 Å². The Hall–Kier alpha value is -1.40. The van der Waals surface area contributed by atoms with Crippen LogP contribution in [0.5, 0.6) is 0 Å². The van der Waals surface area contributed by atoms with Gasteiger partial charge in [0.25, 0.3) is 0 Å². The fourth-order valence-electron chi connectivity index (χ4n) is 2.22. The molecule has 1 aromatic heterocycles. The summed E-state index contributed by atoms with van der Waals surface area (Å²) in [4.78, 5) is 0. The van der Waals surface area contributed by atoms with Gasteiger partial charge in [0, 0.05) is 30.5 Å². The maximum Gasteiger partial charge on any atom is 0.147 e. The normalized spacial score (nSPS) is 13.8. The summed E-state index contributed by atoms with van der Waals surface area (Å²) in [5.41, 5.74) is 8.01. The molecule has 1 atom stereocenters. The summed E-state index contributed by atoms with van der Waals surface area (Å²) in [5, 5.41) is 5.49. The molecule has 104 valence electrons. The Morgan fingerprint density at radius 3 is 2.74 bits per heavy atom. The van der Waals surface area contributed by atoms with Gasteiger partial charge in [-0.25, -0.2) is 8.42 Å². The van der Waals surface area contributed by atoms with Gasteiger partial charge in [0.2, 0.25) is 0 Å². The lowest BCUT2D eigenvalue weighted by Crippen LogP contribution is -2.14. The van der Waals surface area contributed by atoms with E-state index in [2.05, 4.69) is 5.10 Å². The molecule has 0 saturated heterocycles. The SMILES string of the molecule is Cn1nc(C(N)CCCS(C)(=O)=O)c2ccccc21. The Morgan fingerprint density at radius 2 is 2.05 bits per heavy atom. The lowest BCUT2D eigenvalue weighted by atomic mass is 10.1. The van der Waals surface area contributed by atoms with Crippen LogP contribution in [-0.2, 0) is 16.9 Å². The van der Waals surface area contributed by atoms with E-state index in [9.17, 15) is 8.42 Å². The van der Waals surface area contributed by atoms with E-state index in [1.54, 1.807) is 4.68 Å². The Kier molecular flexibility index (Phi) is 3.91. The Morgan fingerprint density at radius 1 is 1.37 bits per heavy atom. The smallest absolute Gasteiger partial charge is 0.147 e. The van der Waals surface area contributed by atoms with E-state index < -0.39 is 9.84 Å². The number of fused-ring (bicyclic) bond motifs is 1. The highest BCUT2D eigenvalue weighted by atomic mass is 32.2. The number of nitrogens with zero attached hydrogens (tertiary/aromatic N) is 2. The minimum Gasteiger partial charge on any atom is -0.323 e. The minimum absolute atomic E-state index is 0.172. The van der Waals surface area contributed by atoms with Crippen molar-refractivity contribution in [1.82, 2.24) is 9.78 Å². The average molecular weight is 281 g/mol. The fourth-order valence-corrected chi connectivity index (χ4v) is 2.91. The first-order valence-corrected chi connectivity index (χ1v) is 8.29. The highest BCUT2D eigenvalue weighted by molar-refractivity contribution is 7.90. The second-order valence-electron chi connectivity index (χ2n) is 4.90. The third-order valence-corrected chi connectivity index (χ3v) is 4.20. The summed E-state index contributed by atoms with van der Waals surface area (Å²) in [6.07, 6.45) is 2.42. The molecule has 0 aliphatic heterocycles. The molecule has 2 aromatic rings. The number of nitrogens with two attached hydrogens (primary N) is 1. The van der Waals surface area contributed by atoms with Crippen LogP contribution >= 0.6 is 0 Å². The number of benzene rings is 1. The van der Waals surface area contributed by atoms with Crippen molar-refractivity contribution in [1.29, 1.82) is 0 Å². The maximum absolute atomic E-state index is 11.1. The number of aromatic nitrogens is 2. The third kappa shape index (κ3) is 3.33. The summed E-state index contributed by atoms with van der Waals surface area (Å²) in [6.45, 7) is 0. The molecule has 0 aliphatic carbocycles. The van der Waals surface area contributed by atoms with Crippen LogP contribution in [-0.4, -0.2) is 30.2 Å². The van der Waals surface area contributed by atoms with Crippen molar-refractivity contribution in [3.05, 3.63) is 30.0 Å². The Labute approximate surface area is 113 Å². The van der Waals surface area contributed by atoms with Crippen molar-refractivity contribution in [3.63, 3.8) is 0 Å². The van der Waals surface area contributed by atoms with Crippen molar-refractivity contribution in [3.8, 4) is 0 Å². The van der Waals surface area contributed by atoms with E-state index >= 15 is 0 Å². The summed E-state index contributed by atoms with van der Waals surface area (Å²) in [7, 11) is -1.04. The first kappa shape index (κ1) is 14.0. The molecule has 19 heavy (non-hydrogen) atoms. The van der Waals surface area contributed by atoms with Crippen LogP contribution in [0, 0.1) is 0 Å². The Bertz CT molecular complexity index is 676.